The maximum absolute atomic E-state index is 6.44. The van der Waals surface area contributed by atoms with Crippen LogP contribution >= 0.6 is 0 Å². The van der Waals surface area contributed by atoms with Crippen LogP contribution in [0.4, 0.5) is 17.4 Å². The monoisotopic (exact) mass is 501 g/mol. The van der Waals surface area contributed by atoms with Crippen molar-refractivity contribution in [3.63, 3.8) is 0 Å². The standard InChI is InChI=1S/C35H23N3O/c1-3-12-25(13-4-1)37(35-36-34-28-16-8-7-11-24(28)19-22-33(34)39-35)27-20-21-30-29-17-9-10-18-31(29)38(32(30)23-27)26-14-5-2-6-15-26/h1-23H. The molecule has 8 aromatic rings. The Morgan fingerprint density at radius 3 is 2.08 bits per heavy atom. The number of aromatic nitrogens is 2. The molecule has 0 bridgehead atoms. The van der Waals surface area contributed by atoms with Crippen molar-refractivity contribution in [3.8, 4) is 5.69 Å². The third-order valence-electron chi connectivity index (χ3n) is 7.41. The number of rotatable bonds is 4. The van der Waals surface area contributed by atoms with Crippen LogP contribution in [0, 0.1) is 0 Å². The van der Waals surface area contributed by atoms with Gasteiger partial charge in [-0.15, -0.1) is 0 Å². The summed E-state index contributed by atoms with van der Waals surface area (Å²) in [4.78, 5) is 7.15. The number of benzene rings is 6. The van der Waals surface area contributed by atoms with Gasteiger partial charge in [-0.3, -0.25) is 4.90 Å². The van der Waals surface area contributed by atoms with Crippen LogP contribution in [0.1, 0.15) is 0 Å². The van der Waals surface area contributed by atoms with E-state index >= 15 is 0 Å². The molecule has 6 aromatic carbocycles. The van der Waals surface area contributed by atoms with Crippen molar-refractivity contribution in [2.75, 3.05) is 4.90 Å². The predicted molar refractivity (Wildman–Crippen MR) is 161 cm³/mol. The lowest BCUT2D eigenvalue weighted by Crippen LogP contribution is -2.10. The Balaban J connectivity index is 1.40. The number of hydrogen-bond donors (Lipinski definition) is 0. The van der Waals surface area contributed by atoms with Crippen molar-refractivity contribution in [3.05, 3.63) is 140 Å². The van der Waals surface area contributed by atoms with Crippen molar-refractivity contribution in [1.82, 2.24) is 9.55 Å². The van der Waals surface area contributed by atoms with Crippen LogP contribution in [-0.4, -0.2) is 9.55 Å². The van der Waals surface area contributed by atoms with E-state index in [0.29, 0.717) is 6.01 Å². The van der Waals surface area contributed by atoms with Crippen LogP contribution < -0.4 is 4.90 Å². The molecule has 4 heteroatoms. The van der Waals surface area contributed by atoms with Crippen molar-refractivity contribution in [2.24, 2.45) is 0 Å². The van der Waals surface area contributed by atoms with Crippen LogP contribution in [0.5, 0.6) is 0 Å². The van der Waals surface area contributed by atoms with Crippen LogP contribution in [-0.2, 0) is 0 Å². The van der Waals surface area contributed by atoms with Gasteiger partial charge in [0.05, 0.1) is 22.4 Å². The van der Waals surface area contributed by atoms with Gasteiger partial charge in [-0.25, -0.2) is 0 Å². The molecule has 0 saturated carbocycles. The molecule has 0 spiro atoms. The van der Waals surface area contributed by atoms with Gasteiger partial charge in [0.15, 0.2) is 5.58 Å². The Kier molecular flexibility index (Phi) is 4.79. The first kappa shape index (κ1) is 21.7. The highest BCUT2D eigenvalue weighted by Crippen LogP contribution is 2.40. The lowest BCUT2D eigenvalue weighted by Gasteiger charge is -2.21. The highest BCUT2D eigenvalue weighted by Gasteiger charge is 2.21. The molecule has 0 aliphatic rings. The zero-order chi connectivity index (χ0) is 25.8. The molecule has 0 atom stereocenters. The molecular formula is C35H23N3O. The third kappa shape index (κ3) is 3.42. The second kappa shape index (κ2) is 8.61. The minimum absolute atomic E-state index is 0.536. The van der Waals surface area contributed by atoms with E-state index in [-0.39, 0.29) is 0 Å². The van der Waals surface area contributed by atoms with Crippen LogP contribution in [0.2, 0.25) is 0 Å². The first-order valence-corrected chi connectivity index (χ1v) is 13.1. The van der Waals surface area contributed by atoms with Crippen LogP contribution in [0.15, 0.2) is 144 Å². The van der Waals surface area contributed by atoms with Gasteiger partial charge in [-0.1, -0.05) is 91.0 Å². The summed E-state index contributed by atoms with van der Waals surface area (Å²) >= 11 is 0. The number of fused-ring (bicyclic) bond motifs is 6. The Hall–Kier alpha value is -5.35. The minimum Gasteiger partial charge on any atom is -0.423 e. The zero-order valence-electron chi connectivity index (χ0n) is 21.0. The summed E-state index contributed by atoms with van der Waals surface area (Å²) in [6.45, 7) is 0. The molecule has 2 aromatic heterocycles. The van der Waals surface area contributed by atoms with E-state index in [9.17, 15) is 0 Å². The van der Waals surface area contributed by atoms with E-state index in [1.165, 1.54) is 16.3 Å². The average molecular weight is 502 g/mol. The van der Waals surface area contributed by atoms with E-state index in [0.717, 1.165) is 44.5 Å². The third-order valence-corrected chi connectivity index (χ3v) is 7.41. The number of hydrogen-bond acceptors (Lipinski definition) is 3. The van der Waals surface area contributed by atoms with E-state index in [4.69, 9.17) is 9.40 Å². The van der Waals surface area contributed by atoms with E-state index in [1.54, 1.807) is 0 Å². The fraction of sp³-hybridized carbons (Fsp3) is 0. The SMILES string of the molecule is c1ccc(N(c2ccc3c4ccccc4n(-c4ccccc4)c3c2)c2nc3c(ccc4ccccc43)o2)cc1. The summed E-state index contributed by atoms with van der Waals surface area (Å²) in [6.07, 6.45) is 0. The molecule has 0 aliphatic heterocycles. The smallest absolute Gasteiger partial charge is 0.307 e. The van der Waals surface area contributed by atoms with Gasteiger partial charge in [-0.05, 0) is 53.9 Å². The fourth-order valence-electron chi connectivity index (χ4n) is 5.65. The molecule has 8 rings (SSSR count). The second-order valence-electron chi connectivity index (χ2n) is 9.69. The minimum atomic E-state index is 0.536. The lowest BCUT2D eigenvalue weighted by molar-refractivity contribution is 0.608. The molecule has 0 unspecified atom stereocenters. The molecule has 0 saturated heterocycles. The Bertz CT molecular complexity index is 2120. The Morgan fingerprint density at radius 2 is 1.23 bits per heavy atom. The highest BCUT2D eigenvalue weighted by atomic mass is 16.4. The number of anilines is 3. The lowest BCUT2D eigenvalue weighted by atomic mass is 10.1. The van der Waals surface area contributed by atoms with Gasteiger partial charge in [-0.2, -0.15) is 4.98 Å². The Morgan fingerprint density at radius 1 is 0.538 bits per heavy atom. The fourth-order valence-corrected chi connectivity index (χ4v) is 5.65. The molecule has 2 heterocycles. The largest absolute Gasteiger partial charge is 0.423 e. The first-order valence-electron chi connectivity index (χ1n) is 13.1. The molecule has 0 aliphatic carbocycles. The predicted octanol–water partition coefficient (Wildman–Crippen LogP) is 9.55. The number of oxazole rings is 1. The van der Waals surface area contributed by atoms with Crippen LogP contribution in [0.25, 0.3) is 49.4 Å². The van der Waals surface area contributed by atoms with Gasteiger partial charge < -0.3 is 8.98 Å². The topological polar surface area (TPSA) is 34.2 Å². The molecule has 0 radical (unpaired) electrons. The average Bonchev–Trinajstić information content (AvgIpc) is 3.57. The van der Waals surface area contributed by atoms with Gasteiger partial charge in [0.1, 0.15) is 5.52 Å². The van der Waals surface area contributed by atoms with E-state index in [2.05, 4.69) is 113 Å². The van der Waals surface area contributed by atoms with Crippen molar-refractivity contribution in [2.45, 2.75) is 0 Å². The van der Waals surface area contributed by atoms with Gasteiger partial charge in [0.25, 0.3) is 0 Å². The maximum atomic E-state index is 6.44. The van der Waals surface area contributed by atoms with Crippen molar-refractivity contribution < 1.29 is 4.42 Å². The normalized spacial score (nSPS) is 11.6. The quantitative estimate of drug-likeness (QED) is 0.241. The number of para-hydroxylation sites is 3. The molecule has 184 valence electrons. The molecule has 4 nitrogen and oxygen atoms in total. The van der Waals surface area contributed by atoms with E-state index < -0.39 is 0 Å². The summed E-state index contributed by atoms with van der Waals surface area (Å²) in [7, 11) is 0. The molecule has 0 fully saturated rings. The number of nitrogens with zero attached hydrogens (tertiary/aromatic N) is 3. The van der Waals surface area contributed by atoms with Crippen molar-refractivity contribution in [1.29, 1.82) is 0 Å². The molecule has 39 heavy (non-hydrogen) atoms. The second-order valence-corrected chi connectivity index (χ2v) is 9.69. The van der Waals surface area contributed by atoms with E-state index in [1.807, 2.05) is 36.4 Å². The zero-order valence-corrected chi connectivity index (χ0v) is 21.0. The molecule has 0 N–H and O–H groups in total. The summed E-state index contributed by atoms with van der Waals surface area (Å²) in [5.74, 6) is 0. The van der Waals surface area contributed by atoms with Gasteiger partial charge >= 0.3 is 6.01 Å². The summed E-state index contributed by atoms with van der Waals surface area (Å²) < 4.78 is 8.77. The van der Waals surface area contributed by atoms with Crippen molar-refractivity contribution >= 4 is 61.1 Å². The molecular weight excluding hydrogens is 478 g/mol. The molecule has 0 amide bonds. The van der Waals surface area contributed by atoms with Gasteiger partial charge in [0.2, 0.25) is 0 Å². The first-order chi connectivity index (χ1) is 19.3. The summed E-state index contributed by atoms with van der Waals surface area (Å²) in [5.41, 5.74) is 7.02. The van der Waals surface area contributed by atoms with Gasteiger partial charge in [0, 0.05) is 21.8 Å². The summed E-state index contributed by atoms with van der Waals surface area (Å²) in [6, 6.07) is 48.9. The highest BCUT2D eigenvalue weighted by molar-refractivity contribution is 6.10. The maximum Gasteiger partial charge on any atom is 0.307 e. The Labute approximate surface area is 225 Å². The summed E-state index contributed by atoms with van der Waals surface area (Å²) in [5, 5.41) is 4.65. The van der Waals surface area contributed by atoms with Crippen LogP contribution in [0.3, 0.4) is 0 Å².